The molecule has 2 amide bonds. The van der Waals surface area contributed by atoms with Crippen molar-refractivity contribution >= 4 is 35.5 Å². The predicted octanol–water partition coefficient (Wildman–Crippen LogP) is 3.78. The van der Waals surface area contributed by atoms with Gasteiger partial charge in [0.25, 0.3) is 0 Å². The molecule has 0 bridgehead atoms. The van der Waals surface area contributed by atoms with E-state index in [4.69, 9.17) is 9.47 Å². The van der Waals surface area contributed by atoms with Crippen molar-refractivity contribution in [3.05, 3.63) is 120 Å². The van der Waals surface area contributed by atoms with E-state index >= 15 is 0 Å². The molecule has 2 aliphatic rings. The fourth-order valence-electron chi connectivity index (χ4n) is 4.80. The van der Waals surface area contributed by atoms with Crippen LogP contribution in [-0.2, 0) is 35.1 Å². The zero-order valence-corrected chi connectivity index (χ0v) is 22.6. The van der Waals surface area contributed by atoms with Gasteiger partial charge in [0.2, 0.25) is 11.8 Å². The summed E-state index contributed by atoms with van der Waals surface area (Å²) in [5.74, 6) is -1.56. The molecule has 204 valence electrons. The molecule has 2 aliphatic heterocycles. The number of hydrogen-bond donors (Lipinski definition) is 1. The van der Waals surface area contributed by atoms with Gasteiger partial charge in [-0.3, -0.25) is 14.4 Å². The standard InChI is InChI=1S/C31H28N2O6S/c1-20(34)38-18-24-19-40-30-26(32-25(35)17-21-11-5-2-6-12-21)29(36)33(30)27(24)31(37)39-28(22-13-7-3-8-14-22)23-15-9-4-10-16-23/h2-16,18,26-28,30H,17,19H2,1H3,(H,32,35)/b24-18-/t26?,27?,30-/m1/s1. The lowest BCUT2D eigenvalue weighted by Crippen LogP contribution is -2.74. The van der Waals surface area contributed by atoms with Crippen molar-refractivity contribution < 1.29 is 28.7 Å². The second kappa shape index (κ2) is 12.2. The summed E-state index contributed by atoms with van der Waals surface area (Å²) in [4.78, 5) is 52.8. The SMILES string of the molecule is CC(=O)O/C=C1/CS[C@@H]2C(NC(=O)Cc3ccccc3)C(=O)N2C1C(=O)OC(c1ccccc1)c1ccccc1. The Morgan fingerprint density at radius 2 is 1.52 bits per heavy atom. The van der Waals surface area contributed by atoms with Crippen LogP contribution in [0.2, 0.25) is 0 Å². The Morgan fingerprint density at radius 3 is 2.10 bits per heavy atom. The number of β-lactam (4-membered cyclic amide) rings is 1. The first-order valence-electron chi connectivity index (χ1n) is 12.9. The van der Waals surface area contributed by atoms with Gasteiger partial charge >= 0.3 is 11.9 Å². The number of amides is 2. The summed E-state index contributed by atoms with van der Waals surface area (Å²) < 4.78 is 11.2. The summed E-state index contributed by atoms with van der Waals surface area (Å²) in [6.45, 7) is 1.26. The minimum atomic E-state index is -1.10. The second-order valence-electron chi connectivity index (χ2n) is 9.50. The Bertz CT molecular complexity index is 1370. The number of hydrogen-bond acceptors (Lipinski definition) is 7. The highest BCUT2D eigenvalue weighted by atomic mass is 32.2. The maximum absolute atomic E-state index is 13.8. The molecule has 0 saturated carbocycles. The number of fused-ring (bicyclic) bond motifs is 1. The fourth-order valence-corrected chi connectivity index (χ4v) is 6.15. The summed E-state index contributed by atoms with van der Waals surface area (Å²) in [5, 5.41) is 2.36. The average molecular weight is 557 g/mol. The van der Waals surface area contributed by atoms with Crippen LogP contribution in [0.4, 0.5) is 0 Å². The van der Waals surface area contributed by atoms with Crippen molar-refractivity contribution in [1.29, 1.82) is 0 Å². The predicted molar refractivity (Wildman–Crippen MR) is 150 cm³/mol. The molecule has 40 heavy (non-hydrogen) atoms. The molecule has 2 saturated heterocycles. The van der Waals surface area contributed by atoms with E-state index < -0.39 is 41.4 Å². The van der Waals surface area contributed by atoms with Gasteiger partial charge in [-0.2, -0.15) is 0 Å². The lowest BCUT2D eigenvalue weighted by molar-refractivity contribution is -0.165. The van der Waals surface area contributed by atoms with Crippen molar-refractivity contribution in [2.45, 2.75) is 36.9 Å². The molecule has 1 N–H and O–H groups in total. The van der Waals surface area contributed by atoms with Crippen LogP contribution in [0.5, 0.6) is 0 Å². The van der Waals surface area contributed by atoms with E-state index in [1.807, 2.05) is 91.0 Å². The van der Waals surface area contributed by atoms with Crippen LogP contribution in [0.15, 0.2) is 103 Å². The highest BCUT2D eigenvalue weighted by Gasteiger charge is 2.57. The second-order valence-corrected chi connectivity index (χ2v) is 10.6. The number of nitrogens with zero attached hydrogens (tertiary/aromatic N) is 1. The zero-order valence-electron chi connectivity index (χ0n) is 21.8. The van der Waals surface area contributed by atoms with Crippen LogP contribution >= 0.6 is 11.8 Å². The number of ether oxygens (including phenoxy) is 2. The van der Waals surface area contributed by atoms with Crippen molar-refractivity contribution in [3.63, 3.8) is 0 Å². The highest BCUT2D eigenvalue weighted by molar-refractivity contribution is 8.00. The maximum atomic E-state index is 13.8. The van der Waals surface area contributed by atoms with Crippen molar-refractivity contribution in [2.24, 2.45) is 0 Å². The first kappa shape index (κ1) is 27.2. The topological polar surface area (TPSA) is 102 Å². The smallest absolute Gasteiger partial charge is 0.334 e. The van der Waals surface area contributed by atoms with Crippen LogP contribution in [0.25, 0.3) is 0 Å². The van der Waals surface area contributed by atoms with Crippen LogP contribution in [0.3, 0.4) is 0 Å². The quantitative estimate of drug-likeness (QED) is 0.256. The molecular formula is C31H28N2O6S. The third kappa shape index (κ3) is 5.94. The first-order chi connectivity index (χ1) is 19.4. The van der Waals surface area contributed by atoms with Gasteiger partial charge in [0.15, 0.2) is 12.1 Å². The monoisotopic (exact) mass is 556 g/mol. The molecular weight excluding hydrogens is 528 g/mol. The molecule has 0 spiro atoms. The first-order valence-corrected chi connectivity index (χ1v) is 13.9. The van der Waals surface area contributed by atoms with Crippen LogP contribution < -0.4 is 5.32 Å². The summed E-state index contributed by atoms with van der Waals surface area (Å²) in [6, 6.07) is 26.1. The highest BCUT2D eigenvalue weighted by Crippen LogP contribution is 2.41. The third-order valence-electron chi connectivity index (χ3n) is 6.69. The lowest BCUT2D eigenvalue weighted by atomic mass is 9.97. The molecule has 5 rings (SSSR count). The summed E-state index contributed by atoms with van der Waals surface area (Å²) in [6.07, 6.45) is 0.656. The van der Waals surface area contributed by atoms with Crippen LogP contribution in [-0.4, -0.2) is 51.9 Å². The van der Waals surface area contributed by atoms with Gasteiger partial charge in [0, 0.05) is 18.2 Å². The summed E-state index contributed by atoms with van der Waals surface area (Å²) >= 11 is 1.39. The normalized spacial score (nSPS) is 20.9. The zero-order chi connectivity index (χ0) is 28.1. The molecule has 2 heterocycles. The van der Waals surface area contributed by atoms with Gasteiger partial charge in [0.1, 0.15) is 11.4 Å². The van der Waals surface area contributed by atoms with E-state index in [0.29, 0.717) is 11.3 Å². The molecule has 2 unspecified atom stereocenters. The Kier molecular flexibility index (Phi) is 8.31. The number of carbonyl (C=O) groups excluding carboxylic acids is 4. The minimum absolute atomic E-state index is 0.140. The molecule has 9 heteroatoms. The van der Waals surface area contributed by atoms with Gasteiger partial charge in [-0.1, -0.05) is 91.0 Å². The number of thioether (sulfide) groups is 1. The molecule has 3 atom stereocenters. The maximum Gasteiger partial charge on any atom is 0.334 e. The molecule has 0 radical (unpaired) electrons. The van der Waals surface area contributed by atoms with Crippen LogP contribution in [0, 0.1) is 0 Å². The Morgan fingerprint density at radius 1 is 0.950 bits per heavy atom. The number of esters is 2. The number of rotatable bonds is 8. The average Bonchev–Trinajstić information content (AvgIpc) is 2.98. The van der Waals surface area contributed by atoms with E-state index in [1.54, 1.807) is 0 Å². The number of benzene rings is 3. The largest absolute Gasteiger partial charge is 0.451 e. The number of carbonyl (C=O) groups is 4. The van der Waals surface area contributed by atoms with E-state index in [-0.39, 0.29) is 12.3 Å². The van der Waals surface area contributed by atoms with Gasteiger partial charge in [0.05, 0.1) is 12.7 Å². The van der Waals surface area contributed by atoms with Crippen molar-refractivity contribution in [1.82, 2.24) is 10.2 Å². The summed E-state index contributed by atoms with van der Waals surface area (Å²) in [5.41, 5.74) is 2.81. The van der Waals surface area contributed by atoms with E-state index in [9.17, 15) is 19.2 Å². The van der Waals surface area contributed by atoms with E-state index in [2.05, 4.69) is 5.32 Å². The molecule has 3 aromatic carbocycles. The van der Waals surface area contributed by atoms with Crippen LogP contribution in [0.1, 0.15) is 29.7 Å². The fraction of sp³-hybridized carbons (Fsp3) is 0.226. The Labute approximate surface area is 236 Å². The van der Waals surface area contributed by atoms with E-state index in [0.717, 1.165) is 16.7 Å². The molecule has 3 aromatic rings. The number of nitrogens with one attached hydrogen (secondary N) is 1. The Hall–Kier alpha value is -4.37. The third-order valence-corrected chi connectivity index (χ3v) is 8.03. The molecule has 2 fully saturated rings. The molecule has 8 nitrogen and oxygen atoms in total. The van der Waals surface area contributed by atoms with Gasteiger partial charge in [-0.05, 0) is 16.7 Å². The van der Waals surface area contributed by atoms with Gasteiger partial charge < -0.3 is 19.7 Å². The summed E-state index contributed by atoms with van der Waals surface area (Å²) in [7, 11) is 0. The minimum Gasteiger partial charge on any atom is -0.451 e. The van der Waals surface area contributed by atoms with Crippen molar-refractivity contribution in [3.8, 4) is 0 Å². The van der Waals surface area contributed by atoms with E-state index in [1.165, 1.54) is 29.8 Å². The molecule has 0 aromatic heterocycles. The molecule has 0 aliphatic carbocycles. The lowest BCUT2D eigenvalue weighted by Gasteiger charge is -2.52. The van der Waals surface area contributed by atoms with Gasteiger partial charge in [-0.25, -0.2) is 4.79 Å². The van der Waals surface area contributed by atoms with Gasteiger partial charge in [-0.15, -0.1) is 11.8 Å². The van der Waals surface area contributed by atoms with Crippen molar-refractivity contribution in [2.75, 3.05) is 5.75 Å². The Balaban J connectivity index is 1.38.